The van der Waals surface area contributed by atoms with Crippen molar-refractivity contribution in [1.82, 2.24) is 0 Å². The van der Waals surface area contributed by atoms with Crippen molar-refractivity contribution in [1.29, 1.82) is 0 Å². The molecule has 2 aromatic carbocycles. The van der Waals surface area contributed by atoms with Crippen molar-refractivity contribution in [3.8, 4) is 0 Å². The van der Waals surface area contributed by atoms with Gasteiger partial charge >= 0.3 is 0 Å². The largest absolute Gasteiger partial charge is 0.311 e. The highest BCUT2D eigenvalue weighted by Crippen LogP contribution is 2.35. The van der Waals surface area contributed by atoms with Crippen LogP contribution in [0.5, 0.6) is 0 Å². The number of allylic oxidation sites excluding steroid dienone is 2. The summed E-state index contributed by atoms with van der Waals surface area (Å²) < 4.78 is 0. The molecule has 98 valence electrons. The maximum Gasteiger partial charge on any atom is 0.258 e. The molecule has 2 nitrogen and oxygen atoms in total. The topological polar surface area (TPSA) is 20.3 Å². The van der Waals surface area contributed by atoms with Crippen molar-refractivity contribution in [2.24, 2.45) is 0 Å². The van der Waals surface area contributed by atoms with Crippen molar-refractivity contribution >= 4 is 23.2 Å². The molecule has 0 spiro atoms. The summed E-state index contributed by atoms with van der Waals surface area (Å²) in [5.74, 6) is 0.0453. The van der Waals surface area contributed by atoms with Gasteiger partial charge in [-0.15, -0.1) is 0 Å². The Bertz CT molecular complexity index is 698. The smallest absolute Gasteiger partial charge is 0.258 e. The van der Waals surface area contributed by atoms with Crippen LogP contribution in [0.1, 0.15) is 11.1 Å². The number of hydrogen-bond acceptors (Lipinski definition) is 1. The number of hydrogen-bond donors (Lipinski definition) is 0. The van der Waals surface area contributed by atoms with Gasteiger partial charge < -0.3 is 4.90 Å². The second kappa shape index (κ2) is 5.17. The standard InChI is InChI=1S/C18H15NO/c1-19-17-13-6-5-11-15(17)16(18(19)20)12-7-10-14-8-3-2-4-9-14/h2-13H,1H3/b10-7+,16-12-. The fourth-order valence-electron chi connectivity index (χ4n) is 2.38. The molecule has 0 N–H and O–H groups in total. The Balaban J connectivity index is 1.93. The number of benzene rings is 2. The molecule has 0 saturated carbocycles. The van der Waals surface area contributed by atoms with Gasteiger partial charge in [0.2, 0.25) is 0 Å². The van der Waals surface area contributed by atoms with Crippen LogP contribution in [0.15, 0.2) is 66.7 Å². The lowest BCUT2D eigenvalue weighted by Gasteiger charge is -2.07. The Morgan fingerprint density at radius 1 is 0.950 bits per heavy atom. The summed E-state index contributed by atoms with van der Waals surface area (Å²) in [6.45, 7) is 0. The molecule has 0 fully saturated rings. The van der Waals surface area contributed by atoms with Crippen molar-refractivity contribution in [2.45, 2.75) is 0 Å². The molecule has 0 atom stereocenters. The summed E-state index contributed by atoms with van der Waals surface area (Å²) in [4.78, 5) is 13.9. The average molecular weight is 261 g/mol. The van der Waals surface area contributed by atoms with Gasteiger partial charge in [-0.05, 0) is 17.7 Å². The van der Waals surface area contributed by atoms with E-state index in [-0.39, 0.29) is 5.91 Å². The van der Waals surface area contributed by atoms with Gasteiger partial charge in [-0.3, -0.25) is 4.79 Å². The maximum absolute atomic E-state index is 12.2. The van der Waals surface area contributed by atoms with Crippen molar-refractivity contribution in [2.75, 3.05) is 11.9 Å². The highest BCUT2D eigenvalue weighted by Gasteiger charge is 2.28. The summed E-state index contributed by atoms with van der Waals surface area (Å²) >= 11 is 0. The predicted octanol–water partition coefficient (Wildman–Crippen LogP) is 3.76. The Kier molecular flexibility index (Phi) is 3.21. The minimum Gasteiger partial charge on any atom is -0.311 e. The summed E-state index contributed by atoms with van der Waals surface area (Å²) in [5.41, 5.74) is 3.83. The summed E-state index contributed by atoms with van der Waals surface area (Å²) in [6.07, 6.45) is 5.82. The van der Waals surface area contributed by atoms with Gasteiger partial charge in [0.1, 0.15) is 0 Å². The van der Waals surface area contributed by atoms with Crippen molar-refractivity contribution < 1.29 is 4.79 Å². The molecule has 0 radical (unpaired) electrons. The SMILES string of the molecule is CN1C(=O)/C(=C\C=C\c2ccccc2)c2ccccc21. The van der Waals surface area contributed by atoms with E-state index in [2.05, 4.69) is 0 Å². The van der Waals surface area contributed by atoms with Crippen LogP contribution in [-0.2, 0) is 4.79 Å². The van der Waals surface area contributed by atoms with Crippen LogP contribution >= 0.6 is 0 Å². The third kappa shape index (κ3) is 2.16. The van der Waals surface area contributed by atoms with Gasteiger partial charge in [-0.1, -0.05) is 60.7 Å². The second-order valence-electron chi connectivity index (χ2n) is 4.73. The molecule has 1 aliphatic rings. The number of amides is 1. The minimum atomic E-state index is 0.0453. The second-order valence-corrected chi connectivity index (χ2v) is 4.73. The first kappa shape index (κ1) is 12.4. The van der Waals surface area contributed by atoms with E-state index in [0.29, 0.717) is 0 Å². The fraction of sp³-hybridized carbons (Fsp3) is 0.0556. The first-order valence-electron chi connectivity index (χ1n) is 6.58. The normalized spacial score (nSPS) is 16.1. The molecule has 1 aliphatic heterocycles. The zero-order valence-corrected chi connectivity index (χ0v) is 11.3. The van der Waals surface area contributed by atoms with Gasteiger partial charge in [0.15, 0.2) is 0 Å². The number of fused-ring (bicyclic) bond motifs is 1. The number of anilines is 1. The number of nitrogens with zero attached hydrogens (tertiary/aromatic N) is 1. The summed E-state index contributed by atoms with van der Waals surface area (Å²) in [7, 11) is 1.81. The Morgan fingerprint density at radius 2 is 1.65 bits per heavy atom. The number of likely N-dealkylation sites (N-methyl/N-ethyl adjacent to an activating group) is 1. The van der Waals surface area contributed by atoms with Crippen molar-refractivity contribution in [3.63, 3.8) is 0 Å². The molecule has 2 heteroatoms. The number of carbonyl (C=O) groups is 1. The maximum atomic E-state index is 12.2. The van der Waals surface area contributed by atoms with Gasteiger partial charge in [0, 0.05) is 18.2 Å². The zero-order chi connectivity index (χ0) is 13.9. The van der Waals surface area contributed by atoms with E-state index in [0.717, 1.165) is 22.4 Å². The lowest BCUT2D eigenvalue weighted by molar-refractivity contribution is -0.112. The molecule has 20 heavy (non-hydrogen) atoms. The number of rotatable bonds is 2. The van der Waals surface area contributed by atoms with E-state index >= 15 is 0 Å². The molecule has 0 saturated heterocycles. The van der Waals surface area contributed by atoms with Crippen molar-refractivity contribution in [3.05, 3.63) is 77.9 Å². The van der Waals surface area contributed by atoms with Crippen LogP contribution in [-0.4, -0.2) is 13.0 Å². The fourth-order valence-corrected chi connectivity index (χ4v) is 2.38. The lowest BCUT2D eigenvalue weighted by Crippen LogP contribution is -2.20. The van der Waals surface area contributed by atoms with Crippen LogP contribution in [0.2, 0.25) is 0 Å². The molecule has 1 heterocycles. The molecular formula is C18H15NO. The highest BCUT2D eigenvalue weighted by molar-refractivity contribution is 6.32. The van der Waals surface area contributed by atoms with Crippen LogP contribution in [0.25, 0.3) is 11.6 Å². The van der Waals surface area contributed by atoms with E-state index in [9.17, 15) is 4.79 Å². The Hall–Kier alpha value is -2.61. The molecule has 0 bridgehead atoms. The van der Waals surface area contributed by atoms with Gasteiger partial charge in [0.05, 0.1) is 5.69 Å². The van der Waals surface area contributed by atoms with E-state index in [4.69, 9.17) is 0 Å². The minimum absolute atomic E-state index is 0.0453. The molecule has 0 aromatic heterocycles. The van der Waals surface area contributed by atoms with Gasteiger partial charge in [0.25, 0.3) is 5.91 Å². The average Bonchev–Trinajstić information content (AvgIpc) is 2.74. The first-order chi connectivity index (χ1) is 9.77. The molecule has 2 aromatic rings. The third-order valence-corrected chi connectivity index (χ3v) is 3.44. The lowest BCUT2D eigenvalue weighted by atomic mass is 10.1. The quantitative estimate of drug-likeness (QED) is 0.754. The Labute approximate surface area is 118 Å². The number of para-hydroxylation sites is 1. The zero-order valence-electron chi connectivity index (χ0n) is 11.3. The van der Waals surface area contributed by atoms with Crippen LogP contribution in [0.3, 0.4) is 0 Å². The van der Waals surface area contributed by atoms with Gasteiger partial charge in [-0.2, -0.15) is 0 Å². The molecule has 3 rings (SSSR count). The third-order valence-electron chi connectivity index (χ3n) is 3.44. The highest BCUT2D eigenvalue weighted by atomic mass is 16.2. The summed E-state index contributed by atoms with van der Waals surface area (Å²) in [5, 5.41) is 0. The van der Waals surface area contributed by atoms with E-state index < -0.39 is 0 Å². The van der Waals surface area contributed by atoms with E-state index in [1.54, 1.807) is 4.90 Å². The predicted molar refractivity (Wildman–Crippen MR) is 83.3 cm³/mol. The molecule has 1 amide bonds. The van der Waals surface area contributed by atoms with Crippen LogP contribution < -0.4 is 4.90 Å². The Morgan fingerprint density at radius 3 is 2.45 bits per heavy atom. The van der Waals surface area contributed by atoms with E-state index in [1.165, 1.54) is 0 Å². The first-order valence-corrected chi connectivity index (χ1v) is 6.58. The molecule has 0 unspecified atom stereocenters. The van der Waals surface area contributed by atoms with Crippen LogP contribution in [0.4, 0.5) is 5.69 Å². The van der Waals surface area contributed by atoms with Gasteiger partial charge in [-0.25, -0.2) is 0 Å². The van der Waals surface area contributed by atoms with E-state index in [1.807, 2.05) is 79.9 Å². The summed E-state index contributed by atoms with van der Waals surface area (Å²) in [6, 6.07) is 17.9. The van der Waals surface area contributed by atoms with Crippen LogP contribution in [0, 0.1) is 0 Å². The number of carbonyl (C=O) groups excluding carboxylic acids is 1. The molecular weight excluding hydrogens is 246 g/mol. The molecule has 0 aliphatic carbocycles. The monoisotopic (exact) mass is 261 g/mol.